The van der Waals surface area contributed by atoms with Gasteiger partial charge in [0.1, 0.15) is 0 Å². The SMILES string of the molecule is NC(=O)c1cc(CCC(=O)[N+]2(C3CCNCC3)CCCCC2)cc2oc(=O)[nH]c12. The van der Waals surface area contributed by atoms with Crippen molar-refractivity contribution in [2.24, 2.45) is 5.73 Å². The van der Waals surface area contributed by atoms with Gasteiger partial charge in [0, 0.05) is 25.9 Å². The highest BCUT2D eigenvalue weighted by Crippen LogP contribution is 2.30. The Labute approximate surface area is 169 Å². The Balaban J connectivity index is 1.56. The predicted molar refractivity (Wildman–Crippen MR) is 108 cm³/mol. The van der Waals surface area contributed by atoms with Crippen molar-refractivity contribution in [3.63, 3.8) is 0 Å². The molecule has 0 bridgehead atoms. The van der Waals surface area contributed by atoms with E-state index in [1.165, 1.54) is 6.42 Å². The molecule has 2 amide bonds. The first-order chi connectivity index (χ1) is 14.0. The molecule has 2 fully saturated rings. The lowest BCUT2D eigenvalue weighted by Crippen LogP contribution is -2.63. The quantitative estimate of drug-likeness (QED) is 0.655. The number of nitrogens with one attached hydrogen (secondary N) is 2. The van der Waals surface area contributed by atoms with Crippen LogP contribution in [0.5, 0.6) is 0 Å². The molecule has 0 unspecified atom stereocenters. The molecule has 1 aromatic carbocycles. The number of likely N-dealkylation sites (tertiary alicyclic amines) is 1. The Hall–Kier alpha value is -2.45. The number of hydrogen-bond acceptors (Lipinski definition) is 5. The summed E-state index contributed by atoms with van der Waals surface area (Å²) in [5, 5.41) is 3.40. The van der Waals surface area contributed by atoms with E-state index >= 15 is 0 Å². The van der Waals surface area contributed by atoms with Crippen molar-refractivity contribution in [3.05, 3.63) is 33.8 Å². The third kappa shape index (κ3) is 3.86. The van der Waals surface area contributed by atoms with E-state index in [-0.39, 0.29) is 11.5 Å². The number of nitrogens with two attached hydrogens (primary N) is 1. The second-order valence-corrected chi connectivity index (χ2v) is 8.31. The molecule has 0 atom stereocenters. The topological polar surface area (TPSA) is 118 Å². The summed E-state index contributed by atoms with van der Waals surface area (Å²) in [4.78, 5) is 39.3. The summed E-state index contributed by atoms with van der Waals surface area (Å²) in [6.07, 6.45) is 6.38. The Bertz CT molecular complexity index is 965. The number of rotatable bonds is 5. The number of primary amides is 1. The molecule has 2 aliphatic rings. The number of H-pyrrole nitrogens is 1. The van der Waals surface area contributed by atoms with E-state index in [4.69, 9.17) is 10.2 Å². The summed E-state index contributed by atoms with van der Waals surface area (Å²) in [6, 6.07) is 3.78. The van der Waals surface area contributed by atoms with Crippen LogP contribution in [0.25, 0.3) is 11.1 Å². The van der Waals surface area contributed by atoms with E-state index in [1.807, 2.05) is 0 Å². The molecular weight excluding hydrogens is 372 g/mol. The van der Waals surface area contributed by atoms with E-state index < -0.39 is 11.7 Å². The normalized spacial score (nSPS) is 20.0. The van der Waals surface area contributed by atoms with Gasteiger partial charge >= 0.3 is 11.7 Å². The first kappa shape index (κ1) is 19.8. The van der Waals surface area contributed by atoms with Crippen molar-refractivity contribution in [2.45, 2.75) is 51.0 Å². The fraction of sp³-hybridized carbons (Fsp3) is 0.571. The number of carbonyl (C=O) groups excluding carboxylic acids is 2. The zero-order chi connectivity index (χ0) is 20.4. The first-order valence-electron chi connectivity index (χ1n) is 10.6. The standard InChI is InChI=1S/C21H28N4O4/c22-20(27)16-12-14(13-17-19(16)24-21(28)29-17)4-5-18(26)25(10-2-1-3-11-25)15-6-8-23-9-7-15/h12-13,15,23H,1-11H2,(H2-,22,24,27,28)/p+1. The third-order valence-electron chi connectivity index (χ3n) is 6.60. The number of benzene rings is 1. The summed E-state index contributed by atoms with van der Waals surface area (Å²) in [6.45, 7) is 3.82. The van der Waals surface area contributed by atoms with E-state index in [1.54, 1.807) is 12.1 Å². The van der Waals surface area contributed by atoms with Crippen LogP contribution in [0.15, 0.2) is 21.3 Å². The van der Waals surface area contributed by atoms with Gasteiger partial charge in [0.25, 0.3) is 5.91 Å². The lowest BCUT2D eigenvalue weighted by Gasteiger charge is -2.46. The van der Waals surface area contributed by atoms with Gasteiger partial charge in [-0.3, -0.25) is 14.3 Å². The van der Waals surface area contributed by atoms with Crippen molar-refractivity contribution in [1.82, 2.24) is 10.3 Å². The van der Waals surface area contributed by atoms with Crippen molar-refractivity contribution in [3.8, 4) is 0 Å². The summed E-state index contributed by atoms with van der Waals surface area (Å²) in [7, 11) is 0. The van der Waals surface area contributed by atoms with Gasteiger partial charge in [-0.2, -0.15) is 0 Å². The molecule has 2 aliphatic heterocycles. The monoisotopic (exact) mass is 401 g/mol. The summed E-state index contributed by atoms with van der Waals surface area (Å²) in [5.74, 6) is -0.971. The van der Waals surface area contributed by atoms with Gasteiger partial charge in [-0.15, -0.1) is 0 Å². The summed E-state index contributed by atoms with van der Waals surface area (Å²) in [5.41, 5.74) is 7.08. The fourth-order valence-corrected chi connectivity index (χ4v) is 5.12. The molecule has 0 saturated carbocycles. The van der Waals surface area contributed by atoms with Crippen molar-refractivity contribution in [2.75, 3.05) is 26.2 Å². The third-order valence-corrected chi connectivity index (χ3v) is 6.60. The highest BCUT2D eigenvalue weighted by molar-refractivity contribution is 6.03. The van der Waals surface area contributed by atoms with Crippen molar-refractivity contribution in [1.29, 1.82) is 0 Å². The smallest absolute Gasteiger partial charge is 0.408 e. The molecule has 3 heterocycles. The van der Waals surface area contributed by atoms with Gasteiger partial charge in [0.05, 0.1) is 36.6 Å². The Morgan fingerprint density at radius 2 is 1.86 bits per heavy atom. The molecule has 0 radical (unpaired) electrons. The number of oxazole rings is 1. The molecule has 8 nitrogen and oxygen atoms in total. The minimum atomic E-state index is -0.630. The highest BCUT2D eigenvalue weighted by Gasteiger charge is 2.44. The van der Waals surface area contributed by atoms with Crippen LogP contribution in [0.4, 0.5) is 0 Å². The van der Waals surface area contributed by atoms with E-state index in [2.05, 4.69) is 10.3 Å². The van der Waals surface area contributed by atoms with Crippen LogP contribution < -0.4 is 16.8 Å². The molecule has 29 heavy (non-hydrogen) atoms. The molecule has 156 valence electrons. The lowest BCUT2D eigenvalue weighted by molar-refractivity contribution is -0.885. The number of fused-ring (bicyclic) bond motifs is 1. The van der Waals surface area contributed by atoms with Gasteiger partial charge < -0.3 is 15.5 Å². The number of carbonyl (C=O) groups is 2. The molecule has 1 aromatic heterocycles. The Morgan fingerprint density at radius 3 is 2.55 bits per heavy atom. The fourth-order valence-electron chi connectivity index (χ4n) is 5.12. The Morgan fingerprint density at radius 1 is 1.14 bits per heavy atom. The Kier molecular flexibility index (Phi) is 5.56. The van der Waals surface area contributed by atoms with E-state index in [0.29, 0.717) is 34.5 Å². The maximum Gasteiger partial charge on any atom is 0.417 e. The van der Waals surface area contributed by atoms with Crippen LogP contribution in [-0.4, -0.2) is 53.5 Å². The average Bonchev–Trinajstić information content (AvgIpc) is 3.12. The summed E-state index contributed by atoms with van der Waals surface area (Å²) < 4.78 is 5.73. The average molecular weight is 401 g/mol. The van der Waals surface area contributed by atoms with Crippen LogP contribution >= 0.6 is 0 Å². The zero-order valence-corrected chi connectivity index (χ0v) is 16.7. The molecule has 0 aliphatic carbocycles. The largest absolute Gasteiger partial charge is 0.417 e. The van der Waals surface area contributed by atoms with Gasteiger partial charge in [-0.1, -0.05) is 0 Å². The molecule has 2 saturated heterocycles. The number of hydrogen-bond donors (Lipinski definition) is 3. The van der Waals surface area contributed by atoms with Crippen LogP contribution in [-0.2, 0) is 11.2 Å². The number of aromatic nitrogens is 1. The lowest BCUT2D eigenvalue weighted by atomic mass is 9.94. The van der Waals surface area contributed by atoms with Gasteiger partial charge in [-0.25, -0.2) is 9.59 Å². The number of nitrogens with zero attached hydrogens (tertiary/aromatic N) is 1. The zero-order valence-electron chi connectivity index (χ0n) is 16.7. The second-order valence-electron chi connectivity index (χ2n) is 8.31. The molecule has 0 spiro atoms. The van der Waals surface area contributed by atoms with Gasteiger partial charge in [0.2, 0.25) is 0 Å². The van der Waals surface area contributed by atoms with Crippen LogP contribution in [0.1, 0.15) is 54.4 Å². The number of quaternary nitrogens is 1. The van der Waals surface area contributed by atoms with E-state index in [9.17, 15) is 14.4 Å². The van der Waals surface area contributed by atoms with Crippen LogP contribution in [0.2, 0.25) is 0 Å². The highest BCUT2D eigenvalue weighted by atomic mass is 16.4. The first-order valence-corrected chi connectivity index (χ1v) is 10.6. The van der Waals surface area contributed by atoms with Gasteiger partial charge in [0.15, 0.2) is 5.58 Å². The van der Waals surface area contributed by atoms with Crippen LogP contribution in [0, 0.1) is 0 Å². The molecule has 4 N–H and O–H groups in total. The number of aromatic amines is 1. The predicted octanol–water partition coefficient (Wildman–Crippen LogP) is 1.43. The molecule has 2 aromatic rings. The second kappa shape index (κ2) is 8.12. The van der Waals surface area contributed by atoms with Crippen molar-refractivity contribution < 1.29 is 18.5 Å². The maximum absolute atomic E-state index is 13.5. The molecular formula is C21H29N4O4+. The summed E-state index contributed by atoms with van der Waals surface area (Å²) >= 11 is 0. The number of amides is 2. The minimum absolute atomic E-state index is 0.219. The number of piperidine rings is 2. The maximum atomic E-state index is 13.5. The number of aryl methyl sites for hydroxylation is 1. The van der Waals surface area contributed by atoms with Crippen molar-refractivity contribution >= 4 is 22.9 Å². The van der Waals surface area contributed by atoms with E-state index in [0.717, 1.165) is 57.4 Å². The molecule has 8 heteroatoms. The molecule has 4 rings (SSSR count). The van der Waals surface area contributed by atoms with Crippen LogP contribution in [0.3, 0.4) is 0 Å². The minimum Gasteiger partial charge on any atom is -0.408 e. The van der Waals surface area contributed by atoms with Gasteiger partial charge in [-0.05, 0) is 43.4 Å².